The van der Waals surface area contributed by atoms with Crippen molar-refractivity contribution in [2.24, 2.45) is 5.92 Å². The Labute approximate surface area is 78.3 Å². The van der Waals surface area contributed by atoms with E-state index in [1.165, 1.54) is 24.8 Å². The molecule has 0 aromatic rings. The number of hydrogen-bond acceptors (Lipinski definition) is 2. The second-order valence-corrected chi connectivity index (χ2v) is 3.63. The molecule has 0 spiro atoms. The van der Waals surface area contributed by atoms with Crippen molar-refractivity contribution in [3.63, 3.8) is 0 Å². The Morgan fingerprint density at radius 2 is 2.23 bits per heavy atom. The number of cyclic esters (lactones) is 1. The minimum atomic E-state index is -0.135. The molecular formula is C11H14O2. The molecule has 1 aliphatic heterocycles. The third-order valence-corrected chi connectivity index (χ3v) is 2.77. The first-order chi connectivity index (χ1) is 6.31. The van der Waals surface area contributed by atoms with Crippen molar-refractivity contribution >= 4 is 5.97 Å². The SMILES string of the molecule is C/C=C1\C(=O)OCC1C=C1CCC1. The zero-order chi connectivity index (χ0) is 9.26. The lowest BCUT2D eigenvalue weighted by Crippen LogP contribution is -2.05. The molecule has 2 fully saturated rings. The summed E-state index contributed by atoms with van der Waals surface area (Å²) in [6, 6.07) is 0. The molecule has 2 heteroatoms. The van der Waals surface area contributed by atoms with Gasteiger partial charge in [0.2, 0.25) is 0 Å². The number of hydrogen-bond donors (Lipinski definition) is 0. The van der Waals surface area contributed by atoms with E-state index in [1.54, 1.807) is 0 Å². The maximum atomic E-state index is 11.2. The molecule has 1 aliphatic carbocycles. The van der Waals surface area contributed by atoms with E-state index in [0.29, 0.717) is 6.61 Å². The van der Waals surface area contributed by atoms with E-state index >= 15 is 0 Å². The molecule has 2 aliphatic rings. The van der Waals surface area contributed by atoms with Crippen LogP contribution in [0.15, 0.2) is 23.3 Å². The van der Waals surface area contributed by atoms with Crippen LogP contribution in [0.25, 0.3) is 0 Å². The van der Waals surface area contributed by atoms with Gasteiger partial charge >= 0.3 is 5.97 Å². The summed E-state index contributed by atoms with van der Waals surface area (Å²) in [7, 11) is 0. The molecule has 1 saturated heterocycles. The number of carbonyl (C=O) groups excluding carboxylic acids is 1. The second kappa shape index (κ2) is 3.36. The number of allylic oxidation sites excluding steroid dienone is 2. The summed E-state index contributed by atoms with van der Waals surface area (Å²) in [5.41, 5.74) is 2.32. The molecule has 1 heterocycles. The highest BCUT2D eigenvalue weighted by molar-refractivity contribution is 5.91. The van der Waals surface area contributed by atoms with E-state index in [9.17, 15) is 4.79 Å². The van der Waals surface area contributed by atoms with Gasteiger partial charge in [-0.1, -0.05) is 17.7 Å². The molecule has 2 rings (SSSR count). The lowest BCUT2D eigenvalue weighted by molar-refractivity contribution is -0.135. The lowest BCUT2D eigenvalue weighted by Gasteiger charge is -2.17. The number of carbonyl (C=O) groups is 1. The molecule has 1 unspecified atom stereocenters. The molecule has 2 nitrogen and oxygen atoms in total. The fraction of sp³-hybridized carbons (Fsp3) is 0.545. The van der Waals surface area contributed by atoms with Gasteiger partial charge in [0.25, 0.3) is 0 Å². The van der Waals surface area contributed by atoms with Crippen molar-refractivity contribution in [2.75, 3.05) is 6.61 Å². The molecule has 0 aromatic carbocycles. The van der Waals surface area contributed by atoms with Crippen molar-refractivity contribution in [3.8, 4) is 0 Å². The van der Waals surface area contributed by atoms with Gasteiger partial charge in [0, 0.05) is 11.5 Å². The maximum Gasteiger partial charge on any atom is 0.334 e. The molecular weight excluding hydrogens is 164 g/mol. The predicted octanol–water partition coefficient (Wildman–Crippen LogP) is 2.22. The quantitative estimate of drug-likeness (QED) is 0.349. The summed E-state index contributed by atoms with van der Waals surface area (Å²) in [5, 5.41) is 0. The van der Waals surface area contributed by atoms with Gasteiger partial charge in [-0.3, -0.25) is 0 Å². The van der Waals surface area contributed by atoms with E-state index in [1.807, 2.05) is 13.0 Å². The van der Waals surface area contributed by atoms with Crippen molar-refractivity contribution in [1.82, 2.24) is 0 Å². The first kappa shape index (κ1) is 8.54. The number of ether oxygens (including phenoxy) is 1. The first-order valence-corrected chi connectivity index (χ1v) is 4.84. The summed E-state index contributed by atoms with van der Waals surface area (Å²) in [6.07, 6.45) is 7.81. The monoisotopic (exact) mass is 178 g/mol. The van der Waals surface area contributed by atoms with Crippen molar-refractivity contribution in [1.29, 1.82) is 0 Å². The van der Waals surface area contributed by atoms with E-state index in [2.05, 4.69) is 6.08 Å². The molecule has 0 radical (unpaired) electrons. The average Bonchev–Trinajstić information content (AvgIpc) is 2.39. The van der Waals surface area contributed by atoms with Crippen molar-refractivity contribution in [2.45, 2.75) is 26.2 Å². The van der Waals surface area contributed by atoms with Gasteiger partial charge < -0.3 is 4.74 Å². The molecule has 1 saturated carbocycles. The summed E-state index contributed by atoms with van der Waals surface area (Å²) in [6.45, 7) is 2.44. The van der Waals surface area contributed by atoms with Crippen LogP contribution >= 0.6 is 0 Å². The minimum absolute atomic E-state index is 0.135. The Morgan fingerprint density at radius 3 is 2.77 bits per heavy atom. The molecule has 13 heavy (non-hydrogen) atoms. The third kappa shape index (κ3) is 1.53. The third-order valence-electron chi connectivity index (χ3n) is 2.77. The standard InChI is InChI=1S/C11H14O2/c1-2-10-9(7-13-11(10)12)6-8-4-3-5-8/h2,6,9H,3-5,7H2,1H3/b10-2-. The first-order valence-electron chi connectivity index (χ1n) is 4.84. The van der Waals surface area contributed by atoms with Crippen molar-refractivity contribution in [3.05, 3.63) is 23.3 Å². The normalized spacial score (nSPS) is 30.2. The summed E-state index contributed by atoms with van der Waals surface area (Å²) in [5.74, 6) is 0.0940. The molecule has 0 bridgehead atoms. The van der Waals surface area contributed by atoms with Gasteiger partial charge in [0.05, 0.1) is 0 Å². The highest BCUT2D eigenvalue weighted by Gasteiger charge is 2.28. The summed E-state index contributed by atoms with van der Waals surface area (Å²) in [4.78, 5) is 11.2. The van der Waals surface area contributed by atoms with Crippen LogP contribution in [-0.2, 0) is 9.53 Å². The Morgan fingerprint density at radius 1 is 1.46 bits per heavy atom. The van der Waals surface area contributed by atoms with Crippen LogP contribution in [0.5, 0.6) is 0 Å². The van der Waals surface area contributed by atoms with E-state index in [0.717, 1.165) is 5.57 Å². The Bertz CT molecular complexity index is 280. The van der Waals surface area contributed by atoms with Gasteiger partial charge in [-0.05, 0) is 26.2 Å². The van der Waals surface area contributed by atoms with E-state index in [-0.39, 0.29) is 11.9 Å². The zero-order valence-corrected chi connectivity index (χ0v) is 7.88. The zero-order valence-electron chi connectivity index (χ0n) is 7.88. The second-order valence-electron chi connectivity index (χ2n) is 3.63. The van der Waals surface area contributed by atoms with Crippen LogP contribution in [0.2, 0.25) is 0 Å². The largest absolute Gasteiger partial charge is 0.461 e. The highest BCUT2D eigenvalue weighted by atomic mass is 16.5. The fourth-order valence-electron chi connectivity index (χ4n) is 1.79. The predicted molar refractivity (Wildman–Crippen MR) is 50.1 cm³/mol. The Hall–Kier alpha value is -1.05. The smallest absolute Gasteiger partial charge is 0.334 e. The van der Waals surface area contributed by atoms with E-state index in [4.69, 9.17) is 4.74 Å². The molecule has 0 N–H and O–H groups in total. The van der Waals surface area contributed by atoms with Gasteiger partial charge in [-0.15, -0.1) is 0 Å². The lowest BCUT2D eigenvalue weighted by atomic mass is 9.88. The number of esters is 1. The minimum Gasteiger partial charge on any atom is -0.461 e. The van der Waals surface area contributed by atoms with Gasteiger partial charge in [-0.25, -0.2) is 4.79 Å². The average molecular weight is 178 g/mol. The fourth-order valence-corrected chi connectivity index (χ4v) is 1.79. The molecule has 1 atom stereocenters. The van der Waals surface area contributed by atoms with Crippen LogP contribution in [0, 0.1) is 5.92 Å². The van der Waals surface area contributed by atoms with Crippen LogP contribution in [0.1, 0.15) is 26.2 Å². The van der Waals surface area contributed by atoms with Crippen LogP contribution in [0.3, 0.4) is 0 Å². The maximum absolute atomic E-state index is 11.2. The Balaban J connectivity index is 2.11. The highest BCUT2D eigenvalue weighted by Crippen LogP contribution is 2.31. The van der Waals surface area contributed by atoms with Gasteiger partial charge in [-0.2, -0.15) is 0 Å². The van der Waals surface area contributed by atoms with Gasteiger partial charge in [0.15, 0.2) is 0 Å². The molecule has 0 aromatic heterocycles. The van der Waals surface area contributed by atoms with Crippen LogP contribution in [0.4, 0.5) is 0 Å². The molecule has 0 amide bonds. The topological polar surface area (TPSA) is 26.3 Å². The number of rotatable bonds is 1. The summed E-state index contributed by atoms with van der Waals surface area (Å²) >= 11 is 0. The van der Waals surface area contributed by atoms with Crippen molar-refractivity contribution < 1.29 is 9.53 Å². The Kier molecular flexibility index (Phi) is 2.21. The van der Waals surface area contributed by atoms with Crippen LogP contribution < -0.4 is 0 Å². The van der Waals surface area contributed by atoms with Crippen LogP contribution in [-0.4, -0.2) is 12.6 Å². The van der Waals surface area contributed by atoms with Gasteiger partial charge in [0.1, 0.15) is 6.61 Å². The summed E-state index contributed by atoms with van der Waals surface area (Å²) < 4.78 is 4.99. The molecule has 70 valence electrons. The van der Waals surface area contributed by atoms with E-state index < -0.39 is 0 Å².